The number of aliphatic carboxylic acids is 1. The highest BCUT2D eigenvalue weighted by Crippen LogP contribution is 2.12. The molecule has 0 aliphatic heterocycles. The van der Waals surface area contributed by atoms with Crippen molar-refractivity contribution in [2.75, 3.05) is 6.54 Å². The lowest BCUT2D eigenvalue weighted by Crippen LogP contribution is -2.28. The third-order valence-electron chi connectivity index (χ3n) is 1.19. The Morgan fingerprint density at radius 3 is 2.77 bits per heavy atom. The molecule has 1 aromatic rings. The predicted molar refractivity (Wildman–Crippen MR) is 43.7 cm³/mol. The Morgan fingerprint density at radius 1 is 1.62 bits per heavy atom. The van der Waals surface area contributed by atoms with Gasteiger partial charge in [0.2, 0.25) is 0 Å². The quantitative estimate of drug-likeness (QED) is 0.760. The largest absolute Gasteiger partial charge is 0.480 e. The number of hydrogen-bond donors (Lipinski definition) is 2. The van der Waals surface area contributed by atoms with Crippen LogP contribution < -0.4 is 5.32 Å². The van der Waals surface area contributed by atoms with Gasteiger partial charge >= 0.3 is 5.97 Å². The van der Waals surface area contributed by atoms with Gasteiger partial charge in [0.25, 0.3) is 5.91 Å². The summed E-state index contributed by atoms with van der Waals surface area (Å²) in [6.07, 6.45) is 1.19. The minimum absolute atomic E-state index is 0.00810. The van der Waals surface area contributed by atoms with Crippen LogP contribution >= 0.6 is 11.6 Å². The van der Waals surface area contributed by atoms with Crippen molar-refractivity contribution in [1.29, 1.82) is 0 Å². The number of nitrogens with one attached hydrogen (secondary N) is 1. The van der Waals surface area contributed by atoms with E-state index in [4.69, 9.17) is 21.1 Å². The number of amides is 1. The van der Waals surface area contributed by atoms with E-state index in [1.54, 1.807) is 0 Å². The number of halogens is 1. The fourth-order valence-corrected chi connectivity index (χ4v) is 0.819. The third-order valence-corrected chi connectivity index (χ3v) is 1.39. The second-order valence-electron chi connectivity index (χ2n) is 2.21. The first-order valence-electron chi connectivity index (χ1n) is 3.33. The van der Waals surface area contributed by atoms with Gasteiger partial charge in [-0.05, 0) is 0 Å². The van der Waals surface area contributed by atoms with Gasteiger partial charge in [-0.1, -0.05) is 11.6 Å². The molecule has 0 fully saturated rings. The lowest BCUT2D eigenvalue weighted by molar-refractivity contribution is -0.135. The molecule has 0 bridgehead atoms. The molecular formula is C7H6ClNO4. The van der Waals surface area contributed by atoms with Crippen LogP contribution in [0, 0.1) is 0 Å². The van der Waals surface area contributed by atoms with Crippen LogP contribution in [0.5, 0.6) is 0 Å². The average Bonchev–Trinajstić information content (AvgIpc) is 2.47. The second-order valence-corrected chi connectivity index (χ2v) is 2.64. The van der Waals surface area contributed by atoms with E-state index in [-0.39, 0.29) is 5.76 Å². The molecule has 0 saturated heterocycles. The molecule has 0 atom stereocenters. The van der Waals surface area contributed by atoms with Crippen LogP contribution in [0.25, 0.3) is 0 Å². The fraction of sp³-hybridized carbons (Fsp3) is 0.143. The van der Waals surface area contributed by atoms with Crippen LogP contribution in [-0.4, -0.2) is 23.5 Å². The van der Waals surface area contributed by atoms with E-state index in [1.165, 1.54) is 12.3 Å². The highest BCUT2D eigenvalue weighted by Gasteiger charge is 2.10. The van der Waals surface area contributed by atoms with E-state index in [0.29, 0.717) is 5.02 Å². The summed E-state index contributed by atoms with van der Waals surface area (Å²) in [7, 11) is 0. The van der Waals surface area contributed by atoms with E-state index in [2.05, 4.69) is 5.32 Å². The molecule has 0 aliphatic rings. The minimum atomic E-state index is -1.12. The molecule has 2 N–H and O–H groups in total. The summed E-state index contributed by atoms with van der Waals surface area (Å²) in [4.78, 5) is 21.1. The Kier molecular flexibility index (Phi) is 2.92. The van der Waals surface area contributed by atoms with Crippen molar-refractivity contribution in [2.45, 2.75) is 0 Å². The van der Waals surface area contributed by atoms with E-state index in [0.717, 1.165) is 0 Å². The number of rotatable bonds is 3. The molecule has 0 saturated carbocycles. The summed E-state index contributed by atoms with van der Waals surface area (Å²) in [5.41, 5.74) is 0. The maximum absolute atomic E-state index is 11.0. The molecule has 0 unspecified atom stereocenters. The normalized spacial score (nSPS) is 9.62. The average molecular weight is 204 g/mol. The van der Waals surface area contributed by atoms with Gasteiger partial charge in [0.05, 0.1) is 5.02 Å². The Hall–Kier alpha value is -1.49. The van der Waals surface area contributed by atoms with Gasteiger partial charge in [0, 0.05) is 6.07 Å². The summed E-state index contributed by atoms with van der Waals surface area (Å²) >= 11 is 5.48. The maximum Gasteiger partial charge on any atom is 0.322 e. The first kappa shape index (κ1) is 9.60. The van der Waals surface area contributed by atoms with Crippen LogP contribution in [0.1, 0.15) is 10.6 Å². The van der Waals surface area contributed by atoms with Crippen molar-refractivity contribution in [3.8, 4) is 0 Å². The van der Waals surface area contributed by atoms with Gasteiger partial charge in [0.15, 0.2) is 5.76 Å². The molecule has 1 amide bonds. The van der Waals surface area contributed by atoms with Crippen molar-refractivity contribution in [3.63, 3.8) is 0 Å². The van der Waals surface area contributed by atoms with Gasteiger partial charge < -0.3 is 14.8 Å². The zero-order valence-corrected chi connectivity index (χ0v) is 7.17. The Balaban J connectivity index is 2.54. The third kappa shape index (κ3) is 2.79. The zero-order chi connectivity index (χ0) is 9.84. The lowest BCUT2D eigenvalue weighted by atomic mass is 10.4. The number of furan rings is 1. The van der Waals surface area contributed by atoms with Crippen molar-refractivity contribution in [1.82, 2.24) is 5.32 Å². The minimum Gasteiger partial charge on any atom is -0.480 e. The molecular weight excluding hydrogens is 198 g/mol. The highest BCUT2D eigenvalue weighted by atomic mass is 35.5. The van der Waals surface area contributed by atoms with Crippen LogP contribution in [0.3, 0.4) is 0 Å². The van der Waals surface area contributed by atoms with Crippen LogP contribution in [-0.2, 0) is 4.79 Å². The topological polar surface area (TPSA) is 79.5 Å². The van der Waals surface area contributed by atoms with Gasteiger partial charge in [-0.3, -0.25) is 9.59 Å². The molecule has 0 spiro atoms. The Labute approximate surface area is 78.3 Å². The summed E-state index contributed by atoms with van der Waals surface area (Å²) < 4.78 is 4.72. The molecule has 1 rings (SSSR count). The van der Waals surface area contributed by atoms with Crippen molar-refractivity contribution < 1.29 is 19.1 Å². The van der Waals surface area contributed by atoms with Crippen LogP contribution in [0.4, 0.5) is 0 Å². The molecule has 0 aromatic carbocycles. The van der Waals surface area contributed by atoms with Crippen LogP contribution in [0.15, 0.2) is 16.7 Å². The fourth-order valence-electron chi connectivity index (χ4n) is 0.675. The molecule has 0 aliphatic carbocycles. The monoisotopic (exact) mass is 203 g/mol. The molecule has 70 valence electrons. The summed E-state index contributed by atoms with van der Waals surface area (Å²) in [5, 5.41) is 10.7. The first-order chi connectivity index (χ1) is 6.09. The first-order valence-corrected chi connectivity index (χ1v) is 3.71. The molecule has 6 heteroatoms. The smallest absolute Gasteiger partial charge is 0.322 e. The number of carbonyl (C=O) groups is 2. The van der Waals surface area contributed by atoms with Crippen LogP contribution in [0.2, 0.25) is 5.02 Å². The van der Waals surface area contributed by atoms with E-state index in [9.17, 15) is 9.59 Å². The Morgan fingerprint density at radius 2 is 2.31 bits per heavy atom. The molecule has 1 heterocycles. The molecule has 0 radical (unpaired) electrons. The molecule has 5 nitrogen and oxygen atoms in total. The van der Waals surface area contributed by atoms with Gasteiger partial charge in [0.1, 0.15) is 12.8 Å². The van der Waals surface area contributed by atoms with Gasteiger partial charge in [-0.25, -0.2) is 0 Å². The molecule has 13 heavy (non-hydrogen) atoms. The summed E-state index contributed by atoms with van der Waals surface area (Å²) in [5.74, 6) is -1.73. The number of carboxylic acids is 1. The predicted octanol–water partition coefficient (Wildman–Crippen LogP) is 0.747. The second kappa shape index (κ2) is 3.95. The standard InChI is InChI=1S/C7H6ClNO4/c8-4-1-5(13-3-4)7(12)9-2-6(10)11/h1,3H,2H2,(H,9,12)(H,10,11). The van der Waals surface area contributed by atoms with Crippen molar-refractivity contribution in [3.05, 3.63) is 23.1 Å². The van der Waals surface area contributed by atoms with Crippen molar-refractivity contribution >= 4 is 23.5 Å². The number of carboxylic acid groups (broad SMARTS) is 1. The zero-order valence-electron chi connectivity index (χ0n) is 6.41. The number of carbonyl (C=O) groups excluding carboxylic acids is 1. The van der Waals surface area contributed by atoms with E-state index < -0.39 is 18.4 Å². The van der Waals surface area contributed by atoms with Crippen molar-refractivity contribution in [2.24, 2.45) is 0 Å². The number of hydrogen-bond acceptors (Lipinski definition) is 3. The lowest BCUT2D eigenvalue weighted by Gasteiger charge is -1.96. The Bertz CT molecular complexity index is 333. The van der Waals surface area contributed by atoms with Gasteiger partial charge in [-0.15, -0.1) is 0 Å². The van der Waals surface area contributed by atoms with E-state index >= 15 is 0 Å². The van der Waals surface area contributed by atoms with Gasteiger partial charge in [-0.2, -0.15) is 0 Å². The summed E-state index contributed by atoms with van der Waals surface area (Å²) in [6.45, 7) is -0.447. The summed E-state index contributed by atoms with van der Waals surface area (Å²) in [6, 6.07) is 1.30. The maximum atomic E-state index is 11.0. The molecule has 1 aromatic heterocycles. The highest BCUT2D eigenvalue weighted by molar-refractivity contribution is 6.30. The van der Waals surface area contributed by atoms with E-state index in [1.807, 2.05) is 0 Å². The SMILES string of the molecule is O=C(O)CNC(=O)c1cc(Cl)co1.